The van der Waals surface area contributed by atoms with Gasteiger partial charge in [-0.2, -0.15) is 0 Å². The molecule has 0 saturated carbocycles. The van der Waals surface area contributed by atoms with Gasteiger partial charge in [0, 0.05) is 19.6 Å². The van der Waals surface area contributed by atoms with E-state index in [4.69, 9.17) is 15.2 Å². The summed E-state index contributed by atoms with van der Waals surface area (Å²) >= 11 is 0. The number of ether oxygens (including phenoxy) is 2. The third-order valence-corrected chi connectivity index (χ3v) is 2.38. The van der Waals surface area contributed by atoms with Crippen LogP contribution in [0.1, 0.15) is 18.4 Å². The third-order valence-electron chi connectivity index (χ3n) is 2.38. The van der Waals surface area contributed by atoms with Crippen LogP contribution in [0.15, 0.2) is 18.2 Å². The molecule has 0 aliphatic carbocycles. The van der Waals surface area contributed by atoms with Crippen molar-refractivity contribution < 1.29 is 13.9 Å². The van der Waals surface area contributed by atoms with Crippen LogP contribution < -0.4 is 10.5 Å². The molecule has 0 aliphatic rings. The lowest BCUT2D eigenvalue weighted by molar-refractivity contribution is 0.181. The molecule has 0 saturated heterocycles. The van der Waals surface area contributed by atoms with Crippen LogP contribution in [0.3, 0.4) is 0 Å². The largest absolute Gasteiger partial charge is 0.491 e. The highest BCUT2D eigenvalue weighted by molar-refractivity contribution is 5.31. The van der Waals surface area contributed by atoms with Gasteiger partial charge in [0.15, 0.2) is 11.6 Å². The molecule has 0 amide bonds. The molecule has 0 heterocycles. The monoisotopic (exact) mass is 227 g/mol. The van der Waals surface area contributed by atoms with Crippen molar-refractivity contribution in [3.63, 3.8) is 0 Å². The van der Waals surface area contributed by atoms with E-state index >= 15 is 0 Å². The number of benzene rings is 1. The second-order valence-electron chi connectivity index (χ2n) is 3.51. The van der Waals surface area contributed by atoms with Gasteiger partial charge >= 0.3 is 0 Å². The van der Waals surface area contributed by atoms with Gasteiger partial charge in [0.05, 0.1) is 13.2 Å². The van der Waals surface area contributed by atoms with Crippen molar-refractivity contribution >= 4 is 0 Å². The Bertz CT molecular complexity index is 331. The van der Waals surface area contributed by atoms with E-state index in [9.17, 15) is 4.39 Å². The van der Waals surface area contributed by atoms with Crippen molar-refractivity contribution in [2.24, 2.45) is 5.73 Å². The van der Waals surface area contributed by atoms with Crippen LogP contribution in [0.4, 0.5) is 4.39 Å². The number of methoxy groups -OCH3 is 1. The molecule has 90 valence electrons. The summed E-state index contributed by atoms with van der Waals surface area (Å²) in [6.45, 7) is 3.20. The van der Waals surface area contributed by atoms with Gasteiger partial charge < -0.3 is 15.2 Å². The van der Waals surface area contributed by atoms with Crippen LogP contribution in [0.2, 0.25) is 0 Å². The molecular weight excluding hydrogens is 209 g/mol. The Morgan fingerprint density at radius 2 is 2.19 bits per heavy atom. The molecule has 1 atom stereocenters. The SMILES string of the molecule is CCOc1ccc(C(CN)COC)cc1F. The lowest BCUT2D eigenvalue weighted by Gasteiger charge is -2.15. The number of hydrogen-bond donors (Lipinski definition) is 1. The minimum Gasteiger partial charge on any atom is -0.491 e. The fourth-order valence-electron chi connectivity index (χ4n) is 1.55. The Labute approximate surface area is 95.4 Å². The summed E-state index contributed by atoms with van der Waals surface area (Å²) in [6.07, 6.45) is 0. The number of hydrogen-bond acceptors (Lipinski definition) is 3. The first-order valence-corrected chi connectivity index (χ1v) is 5.34. The van der Waals surface area contributed by atoms with Crippen molar-refractivity contribution in [2.45, 2.75) is 12.8 Å². The van der Waals surface area contributed by atoms with E-state index in [1.165, 1.54) is 6.07 Å². The highest BCUT2D eigenvalue weighted by Gasteiger charge is 2.12. The number of halogens is 1. The maximum Gasteiger partial charge on any atom is 0.165 e. The average Bonchev–Trinajstić information content (AvgIpc) is 2.29. The summed E-state index contributed by atoms with van der Waals surface area (Å²) in [6, 6.07) is 4.92. The van der Waals surface area contributed by atoms with Crippen LogP contribution in [-0.4, -0.2) is 26.9 Å². The topological polar surface area (TPSA) is 44.5 Å². The molecule has 0 bridgehead atoms. The standard InChI is InChI=1S/C12H18FNO2/c1-3-16-12-5-4-9(6-11(12)13)10(7-14)8-15-2/h4-6,10H,3,7-8,14H2,1-2H3. The zero-order valence-corrected chi connectivity index (χ0v) is 9.70. The minimum atomic E-state index is -0.353. The summed E-state index contributed by atoms with van der Waals surface area (Å²) in [5.74, 6) is -0.0523. The third kappa shape index (κ3) is 3.18. The van der Waals surface area contributed by atoms with E-state index < -0.39 is 0 Å². The van der Waals surface area contributed by atoms with Crippen LogP contribution in [0.5, 0.6) is 5.75 Å². The van der Waals surface area contributed by atoms with Crippen molar-refractivity contribution in [3.05, 3.63) is 29.6 Å². The highest BCUT2D eigenvalue weighted by Crippen LogP contribution is 2.23. The van der Waals surface area contributed by atoms with E-state index in [1.807, 2.05) is 13.0 Å². The second-order valence-corrected chi connectivity index (χ2v) is 3.51. The van der Waals surface area contributed by atoms with Crippen molar-refractivity contribution in [1.29, 1.82) is 0 Å². The predicted octanol–water partition coefficient (Wildman–Crippen LogP) is 1.91. The Morgan fingerprint density at radius 3 is 2.69 bits per heavy atom. The van der Waals surface area contributed by atoms with Crippen LogP contribution in [0.25, 0.3) is 0 Å². The summed E-state index contributed by atoms with van der Waals surface area (Å²) < 4.78 is 23.7. The zero-order valence-electron chi connectivity index (χ0n) is 9.70. The first kappa shape index (κ1) is 12.9. The molecule has 2 N–H and O–H groups in total. The fourth-order valence-corrected chi connectivity index (χ4v) is 1.55. The molecule has 0 aromatic heterocycles. The Morgan fingerprint density at radius 1 is 1.44 bits per heavy atom. The molecule has 0 radical (unpaired) electrons. The average molecular weight is 227 g/mol. The van der Waals surface area contributed by atoms with E-state index in [0.717, 1.165) is 5.56 Å². The van der Waals surface area contributed by atoms with Gasteiger partial charge in [-0.3, -0.25) is 0 Å². The summed E-state index contributed by atoms with van der Waals surface area (Å²) in [5.41, 5.74) is 6.44. The van der Waals surface area contributed by atoms with Gasteiger partial charge in [0.2, 0.25) is 0 Å². The molecule has 0 fully saturated rings. The maximum atomic E-state index is 13.6. The first-order chi connectivity index (χ1) is 7.72. The lowest BCUT2D eigenvalue weighted by Crippen LogP contribution is -2.17. The smallest absolute Gasteiger partial charge is 0.165 e. The van der Waals surface area contributed by atoms with Gasteiger partial charge in [-0.15, -0.1) is 0 Å². The Kier molecular flexibility index (Phi) is 5.22. The molecule has 3 nitrogen and oxygen atoms in total. The normalized spacial score (nSPS) is 12.5. The molecule has 0 spiro atoms. The van der Waals surface area contributed by atoms with Crippen molar-refractivity contribution in [1.82, 2.24) is 0 Å². The van der Waals surface area contributed by atoms with E-state index in [1.54, 1.807) is 13.2 Å². The van der Waals surface area contributed by atoms with Gasteiger partial charge in [0.1, 0.15) is 0 Å². The van der Waals surface area contributed by atoms with Gasteiger partial charge in [-0.25, -0.2) is 4.39 Å². The first-order valence-electron chi connectivity index (χ1n) is 5.34. The molecule has 1 aromatic rings. The summed E-state index contributed by atoms with van der Waals surface area (Å²) in [5, 5.41) is 0. The predicted molar refractivity (Wildman–Crippen MR) is 61.2 cm³/mol. The fraction of sp³-hybridized carbons (Fsp3) is 0.500. The van der Waals surface area contributed by atoms with Gasteiger partial charge in [-0.05, 0) is 24.6 Å². The van der Waals surface area contributed by atoms with Gasteiger partial charge in [-0.1, -0.05) is 6.07 Å². The molecule has 4 heteroatoms. The molecule has 1 unspecified atom stereocenters. The summed E-state index contributed by atoms with van der Waals surface area (Å²) in [7, 11) is 1.60. The van der Waals surface area contributed by atoms with Crippen LogP contribution in [0, 0.1) is 5.82 Å². The second kappa shape index (κ2) is 6.45. The molecule has 1 rings (SSSR count). The van der Waals surface area contributed by atoms with E-state index in [-0.39, 0.29) is 17.5 Å². The van der Waals surface area contributed by atoms with Crippen molar-refractivity contribution in [2.75, 3.05) is 26.9 Å². The van der Waals surface area contributed by atoms with Crippen LogP contribution in [-0.2, 0) is 4.74 Å². The summed E-state index contributed by atoms with van der Waals surface area (Å²) in [4.78, 5) is 0. The molecule has 1 aromatic carbocycles. The van der Waals surface area contributed by atoms with Crippen LogP contribution >= 0.6 is 0 Å². The zero-order chi connectivity index (χ0) is 12.0. The van der Waals surface area contributed by atoms with Gasteiger partial charge in [0.25, 0.3) is 0 Å². The van der Waals surface area contributed by atoms with E-state index in [2.05, 4.69) is 0 Å². The Hall–Kier alpha value is -1.13. The van der Waals surface area contributed by atoms with Crippen molar-refractivity contribution in [3.8, 4) is 5.75 Å². The molecule has 16 heavy (non-hydrogen) atoms. The minimum absolute atomic E-state index is 0.0233. The maximum absolute atomic E-state index is 13.6. The molecule has 0 aliphatic heterocycles. The number of nitrogens with two attached hydrogens (primary N) is 1. The molecular formula is C12H18FNO2. The van der Waals surface area contributed by atoms with E-state index in [0.29, 0.717) is 19.8 Å². The lowest BCUT2D eigenvalue weighted by atomic mass is 10.00. The highest BCUT2D eigenvalue weighted by atomic mass is 19.1. The Balaban J connectivity index is 2.85. The quantitative estimate of drug-likeness (QED) is 0.807. The number of rotatable bonds is 6.